The lowest BCUT2D eigenvalue weighted by Crippen LogP contribution is -2.45. The lowest BCUT2D eigenvalue weighted by molar-refractivity contribution is -0.205. The molecule has 0 aromatic heterocycles. The largest absolute Gasteiger partial charge is 0.367 e. The minimum atomic E-state index is -1.08. The number of piperidine rings is 1. The Morgan fingerprint density at radius 2 is 1.81 bits per heavy atom. The van der Waals surface area contributed by atoms with Crippen LogP contribution in [0, 0.1) is 5.41 Å². The summed E-state index contributed by atoms with van der Waals surface area (Å²) in [5.41, 5.74) is 2.70. The van der Waals surface area contributed by atoms with Gasteiger partial charge in [-0.2, -0.15) is 0 Å². The van der Waals surface area contributed by atoms with Crippen molar-refractivity contribution in [2.24, 2.45) is 5.41 Å². The number of rotatable bonds is 8. The van der Waals surface area contributed by atoms with Crippen LogP contribution in [0.4, 0.5) is 11.4 Å². The first-order valence-electron chi connectivity index (χ1n) is 14.1. The SMILES string of the molecule is CC(C)(C)C(=O)ON1CCC(NCc2ccc(Br)cc2NC2(Cc3cccc(Cl)c3)C(=O)Nc3cc(Cl)ccc32)CC1. The third kappa shape index (κ3) is 6.95. The molecule has 2 heterocycles. The van der Waals surface area contributed by atoms with Crippen molar-refractivity contribution in [1.29, 1.82) is 0 Å². The van der Waals surface area contributed by atoms with E-state index in [2.05, 4.69) is 37.9 Å². The smallest absolute Gasteiger partial charge is 0.330 e. The molecule has 0 bridgehead atoms. The summed E-state index contributed by atoms with van der Waals surface area (Å²) in [5, 5.41) is 13.3. The molecule has 1 fully saturated rings. The molecule has 2 aliphatic rings. The Morgan fingerprint density at radius 1 is 1.07 bits per heavy atom. The molecular weight excluding hydrogens is 639 g/mol. The van der Waals surface area contributed by atoms with Crippen molar-refractivity contribution < 1.29 is 14.4 Å². The molecule has 0 radical (unpaired) electrons. The first-order chi connectivity index (χ1) is 19.9. The average Bonchev–Trinajstić information content (AvgIpc) is 3.18. The number of nitrogens with one attached hydrogen (secondary N) is 3. The number of benzene rings is 3. The van der Waals surface area contributed by atoms with Gasteiger partial charge in [0.2, 0.25) is 0 Å². The molecule has 7 nitrogen and oxygen atoms in total. The van der Waals surface area contributed by atoms with Crippen LogP contribution in [-0.2, 0) is 32.9 Å². The maximum Gasteiger partial charge on any atom is 0.330 e. The summed E-state index contributed by atoms with van der Waals surface area (Å²) < 4.78 is 0.898. The zero-order chi connectivity index (χ0) is 30.1. The van der Waals surface area contributed by atoms with E-state index in [9.17, 15) is 9.59 Å². The molecule has 0 saturated carbocycles. The molecule has 42 heavy (non-hydrogen) atoms. The molecule has 3 aromatic carbocycles. The van der Waals surface area contributed by atoms with Gasteiger partial charge in [0.05, 0.1) is 5.41 Å². The highest BCUT2D eigenvalue weighted by molar-refractivity contribution is 9.10. The van der Waals surface area contributed by atoms with Gasteiger partial charge in [-0.15, -0.1) is 5.06 Å². The Labute approximate surface area is 265 Å². The van der Waals surface area contributed by atoms with E-state index in [1.165, 1.54) is 0 Å². The van der Waals surface area contributed by atoms with Gasteiger partial charge in [0.25, 0.3) is 5.91 Å². The summed E-state index contributed by atoms with van der Waals surface area (Å²) in [6.45, 7) is 7.52. The van der Waals surface area contributed by atoms with Crippen LogP contribution in [0.25, 0.3) is 0 Å². The van der Waals surface area contributed by atoms with E-state index < -0.39 is 11.0 Å². The second-order valence-corrected chi connectivity index (χ2v) is 13.8. The van der Waals surface area contributed by atoms with Gasteiger partial charge in [0.1, 0.15) is 5.54 Å². The molecule has 3 N–H and O–H groups in total. The van der Waals surface area contributed by atoms with Crippen LogP contribution < -0.4 is 16.0 Å². The third-order valence-electron chi connectivity index (χ3n) is 7.72. The van der Waals surface area contributed by atoms with Crippen LogP contribution in [0.15, 0.2) is 65.1 Å². The van der Waals surface area contributed by atoms with Crippen molar-refractivity contribution in [3.8, 4) is 0 Å². The predicted octanol–water partition coefficient (Wildman–Crippen LogP) is 7.32. The number of amides is 1. The number of halogens is 3. The van der Waals surface area contributed by atoms with E-state index in [1.54, 1.807) is 11.1 Å². The number of fused-ring (bicyclic) bond motifs is 1. The maximum atomic E-state index is 13.8. The van der Waals surface area contributed by atoms with Crippen molar-refractivity contribution in [2.75, 3.05) is 23.7 Å². The minimum absolute atomic E-state index is 0.157. The van der Waals surface area contributed by atoms with Gasteiger partial charge in [-0.25, -0.2) is 4.79 Å². The van der Waals surface area contributed by atoms with Crippen molar-refractivity contribution >= 4 is 62.4 Å². The van der Waals surface area contributed by atoms with Crippen LogP contribution in [0.5, 0.6) is 0 Å². The maximum absolute atomic E-state index is 13.8. The van der Waals surface area contributed by atoms with Crippen molar-refractivity contribution in [3.05, 3.63) is 91.9 Å². The highest BCUT2D eigenvalue weighted by atomic mass is 79.9. The Bertz CT molecular complexity index is 1490. The molecule has 1 saturated heterocycles. The first kappa shape index (κ1) is 30.8. The number of hydrogen-bond donors (Lipinski definition) is 3. The summed E-state index contributed by atoms with van der Waals surface area (Å²) in [4.78, 5) is 31.7. The van der Waals surface area contributed by atoms with Crippen LogP contribution in [0.3, 0.4) is 0 Å². The Balaban J connectivity index is 1.36. The Kier molecular flexibility index (Phi) is 9.21. The van der Waals surface area contributed by atoms with Gasteiger partial charge >= 0.3 is 5.97 Å². The van der Waals surface area contributed by atoms with Gasteiger partial charge in [-0.1, -0.05) is 63.4 Å². The van der Waals surface area contributed by atoms with Crippen molar-refractivity contribution in [1.82, 2.24) is 10.4 Å². The van der Waals surface area contributed by atoms with Gasteiger partial charge in [0, 0.05) is 63.6 Å². The quantitative estimate of drug-likeness (QED) is 0.233. The van der Waals surface area contributed by atoms with Crippen molar-refractivity contribution in [2.45, 2.75) is 58.2 Å². The van der Waals surface area contributed by atoms with E-state index in [-0.39, 0.29) is 17.9 Å². The fourth-order valence-electron chi connectivity index (χ4n) is 5.35. The molecule has 222 valence electrons. The van der Waals surface area contributed by atoms with E-state index >= 15 is 0 Å². The molecule has 0 aliphatic carbocycles. The molecule has 0 spiro atoms. The number of nitrogens with zero attached hydrogens (tertiary/aromatic N) is 1. The molecular formula is C32H35BrCl2N4O3. The summed E-state index contributed by atoms with van der Waals surface area (Å²) in [7, 11) is 0. The van der Waals surface area contributed by atoms with Gasteiger partial charge in [-0.05, 0) is 81.1 Å². The van der Waals surface area contributed by atoms with E-state index in [0.717, 1.165) is 39.7 Å². The van der Waals surface area contributed by atoms with E-state index in [1.807, 2.05) is 69.3 Å². The fourth-order valence-corrected chi connectivity index (χ4v) is 6.10. The zero-order valence-electron chi connectivity index (χ0n) is 23.9. The normalized spacial score (nSPS) is 19.3. The second-order valence-electron chi connectivity index (χ2n) is 12.0. The summed E-state index contributed by atoms with van der Waals surface area (Å²) in [6, 6.07) is 19.4. The summed E-state index contributed by atoms with van der Waals surface area (Å²) in [6.07, 6.45) is 2.09. The molecule has 1 unspecified atom stereocenters. The van der Waals surface area contributed by atoms with E-state index in [4.69, 9.17) is 28.0 Å². The second kappa shape index (κ2) is 12.5. The fraction of sp³-hybridized carbons (Fsp3) is 0.375. The summed E-state index contributed by atoms with van der Waals surface area (Å²) in [5.74, 6) is -0.373. The number of carbonyl (C=O) groups excluding carboxylic acids is 2. The van der Waals surface area contributed by atoms with Crippen LogP contribution in [0.2, 0.25) is 10.0 Å². The third-order valence-corrected chi connectivity index (χ3v) is 8.68. The zero-order valence-corrected chi connectivity index (χ0v) is 27.0. The number of anilines is 2. The molecule has 1 amide bonds. The molecule has 3 aromatic rings. The molecule has 2 aliphatic heterocycles. The van der Waals surface area contributed by atoms with Crippen LogP contribution in [0.1, 0.15) is 50.3 Å². The number of carbonyl (C=O) groups is 2. The lowest BCUT2D eigenvalue weighted by atomic mass is 9.84. The number of hydrogen-bond acceptors (Lipinski definition) is 6. The van der Waals surface area contributed by atoms with Crippen molar-refractivity contribution in [3.63, 3.8) is 0 Å². The summed E-state index contributed by atoms with van der Waals surface area (Å²) >= 11 is 16.2. The highest BCUT2D eigenvalue weighted by Gasteiger charge is 2.47. The Hall–Kier alpha value is -2.62. The predicted molar refractivity (Wildman–Crippen MR) is 172 cm³/mol. The molecule has 5 rings (SSSR count). The number of hydroxylamine groups is 2. The minimum Gasteiger partial charge on any atom is -0.367 e. The molecule has 10 heteroatoms. The molecule has 1 atom stereocenters. The van der Waals surface area contributed by atoms with Gasteiger partial charge in [0.15, 0.2) is 0 Å². The van der Waals surface area contributed by atoms with E-state index in [0.29, 0.717) is 41.8 Å². The standard InChI is InChI=1S/C32H35BrCl2N4O3/c1-31(2,3)30(41)42-39-13-11-25(12-14-39)36-19-21-7-8-22(33)16-27(21)38-32(18-20-5-4-6-23(34)15-20)26-10-9-24(35)17-28(26)37-29(32)40/h4-10,15-17,25,36,38H,11-14,18-19H2,1-3H3,(H,37,40). The van der Waals surface area contributed by atoms with Gasteiger partial charge < -0.3 is 20.8 Å². The van der Waals surface area contributed by atoms with Gasteiger partial charge in [-0.3, -0.25) is 4.79 Å². The van der Waals surface area contributed by atoms with Crippen LogP contribution >= 0.6 is 39.1 Å². The first-order valence-corrected chi connectivity index (χ1v) is 15.6. The lowest BCUT2D eigenvalue weighted by Gasteiger charge is -2.33. The van der Waals surface area contributed by atoms with Crippen LogP contribution in [-0.4, -0.2) is 36.1 Å². The average molecular weight is 674 g/mol. The topological polar surface area (TPSA) is 82.7 Å². The highest BCUT2D eigenvalue weighted by Crippen LogP contribution is 2.43. The monoisotopic (exact) mass is 672 g/mol. The Morgan fingerprint density at radius 3 is 2.52 bits per heavy atom.